The molecule has 0 aliphatic carbocycles. The highest BCUT2D eigenvalue weighted by atomic mass is 31.1. The van der Waals surface area contributed by atoms with Gasteiger partial charge in [0, 0.05) is 71.3 Å². The third-order valence-electron chi connectivity index (χ3n) is 17.3. The van der Waals surface area contributed by atoms with Crippen molar-refractivity contribution >= 4 is 37.5 Å². The molecule has 2 fully saturated rings. The van der Waals surface area contributed by atoms with Crippen molar-refractivity contribution in [2.24, 2.45) is 0 Å². The molecule has 0 radical (unpaired) electrons. The van der Waals surface area contributed by atoms with E-state index in [1.54, 1.807) is 28.4 Å². The lowest BCUT2D eigenvalue weighted by atomic mass is 9.79. The van der Waals surface area contributed by atoms with Crippen molar-refractivity contribution in [1.29, 1.82) is 0 Å². The van der Waals surface area contributed by atoms with Gasteiger partial charge in [-0.25, -0.2) is 0 Å². The molecule has 2 aliphatic rings. The summed E-state index contributed by atoms with van der Waals surface area (Å²) in [6, 6.07) is 38.7. The Morgan fingerprint density at radius 1 is 0.352 bits per heavy atom. The van der Waals surface area contributed by atoms with Gasteiger partial charge >= 0.3 is 0 Å². The summed E-state index contributed by atoms with van der Waals surface area (Å²) in [5, 5.41) is 4.05. The highest BCUT2D eigenvalue weighted by molar-refractivity contribution is 7.69. The minimum atomic E-state index is -1.86. The van der Waals surface area contributed by atoms with Crippen LogP contribution in [-0.2, 0) is 66.6 Å². The maximum atomic E-state index is 8.56. The Morgan fingerprint density at radius 3 is 0.901 bits per heavy atom. The molecule has 496 valence electrons. The summed E-state index contributed by atoms with van der Waals surface area (Å²) in [6.07, 6.45) is -5.11. The molecule has 6 aromatic rings. The topological polar surface area (TPSA) is 92.3 Å². The highest BCUT2D eigenvalue weighted by Crippen LogP contribution is 2.54. The molecule has 91 heavy (non-hydrogen) atoms. The van der Waals surface area contributed by atoms with Crippen molar-refractivity contribution in [3.63, 3.8) is 0 Å². The van der Waals surface area contributed by atoms with Crippen molar-refractivity contribution in [2.75, 3.05) is 35.0 Å². The fourth-order valence-electron chi connectivity index (χ4n) is 12.3. The predicted molar refractivity (Wildman–Crippen MR) is 379 cm³/mol. The zero-order chi connectivity index (χ0) is 67.5. The van der Waals surface area contributed by atoms with E-state index in [-0.39, 0.29) is 49.9 Å². The molecule has 2 aliphatic heterocycles. The van der Waals surface area contributed by atoms with Gasteiger partial charge in [-0.15, -0.1) is 0 Å². The maximum Gasteiger partial charge on any atom is 0.229 e. The first kappa shape index (κ1) is 71.8. The first-order valence-corrected chi connectivity index (χ1v) is 35.1. The molecule has 1 unspecified atom stereocenters. The van der Waals surface area contributed by atoms with Crippen molar-refractivity contribution < 1.29 is 46.9 Å². The maximum absolute atomic E-state index is 8.56. The summed E-state index contributed by atoms with van der Waals surface area (Å²) in [7, 11) is 3.47. The second-order valence-electron chi connectivity index (χ2n) is 33.2. The molecule has 2 saturated heterocycles. The minimum Gasteiger partial charge on any atom is -0.496 e. The van der Waals surface area contributed by atoms with E-state index in [1.807, 2.05) is 48.5 Å². The van der Waals surface area contributed by atoms with E-state index in [1.165, 1.54) is 0 Å². The molecule has 0 saturated carbocycles. The lowest BCUT2D eigenvalue weighted by Crippen LogP contribution is -2.64. The van der Waals surface area contributed by atoms with Crippen molar-refractivity contribution in [3.05, 3.63) is 159 Å². The van der Waals surface area contributed by atoms with E-state index >= 15 is 0 Å². The molecule has 6 aromatic carbocycles. The van der Waals surface area contributed by atoms with E-state index in [0.717, 1.165) is 94.3 Å². The van der Waals surface area contributed by atoms with Gasteiger partial charge in [-0.1, -0.05) is 215 Å². The fraction of sp³-hybridized carbons (Fsp3) is 0.544. The SMILES string of the molecule is COc1c(C(C)(C)C)cc(P(O[C@@H]2[C@@H](OP(c3cc(C(C)(C)C)c(OC)c(C(C)(C)C)c3)c3cc(C(C)(C)C)c(OC)c(C(C)(C)C)c3)[C@H](Oc3ccccc3)O[C@@H]3COC(c4ccccc4)O[C@@H]23)c2cc(C(C)(C)C)c(OC)c(C(C)(C)C)c2)cc1C(C)(C)C. The summed E-state index contributed by atoms with van der Waals surface area (Å²) in [4.78, 5) is 0. The Balaban J connectivity index is 1.56. The van der Waals surface area contributed by atoms with E-state index in [2.05, 4.69) is 227 Å². The molecule has 0 amide bonds. The summed E-state index contributed by atoms with van der Waals surface area (Å²) < 4.78 is 72.1. The van der Waals surface area contributed by atoms with Crippen LogP contribution in [0.5, 0.6) is 28.7 Å². The third-order valence-corrected chi connectivity index (χ3v) is 21.1. The average molecular weight is 1280 g/mol. The lowest BCUT2D eigenvalue weighted by Gasteiger charge is -2.50. The summed E-state index contributed by atoms with van der Waals surface area (Å²) in [5.41, 5.74) is 6.80. The van der Waals surface area contributed by atoms with E-state index in [4.69, 9.17) is 46.9 Å². The van der Waals surface area contributed by atoms with Crippen molar-refractivity contribution in [3.8, 4) is 28.7 Å². The Labute approximate surface area is 551 Å². The monoisotopic (exact) mass is 1280 g/mol. The largest absolute Gasteiger partial charge is 0.496 e. The molecule has 8 rings (SSSR count). The number of fused-ring (bicyclic) bond motifs is 1. The molecular weight excluding hydrogens is 1170 g/mol. The van der Waals surface area contributed by atoms with Crippen molar-refractivity contribution in [1.82, 2.24) is 0 Å². The number of methoxy groups -OCH3 is 4. The number of hydrogen-bond acceptors (Lipinski definition) is 10. The molecular formula is C79H110O10P2. The Morgan fingerprint density at radius 2 is 0.626 bits per heavy atom. The van der Waals surface area contributed by atoms with Crippen LogP contribution in [0.1, 0.15) is 223 Å². The second kappa shape index (κ2) is 26.6. The quantitative estimate of drug-likeness (QED) is 0.0926. The van der Waals surface area contributed by atoms with Crippen LogP contribution in [0.25, 0.3) is 0 Å². The van der Waals surface area contributed by atoms with Gasteiger partial charge in [0.2, 0.25) is 6.29 Å². The first-order chi connectivity index (χ1) is 42.0. The summed E-state index contributed by atoms with van der Waals surface area (Å²) >= 11 is 0. The first-order valence-electron chi connectivity index (χ1n) is 32.6. The summed E-state index contributed by atoms with van der Waals surface area (Å²) in [6.45, 7) is 54.4. The van der Waals surface area contributed by atoms with Gasteiger partial charge in [0.05, 0.1) is 51.3 Å². The smallest absolute Gasteiger partial charge is 0.229 e. The van der Waals surface area contributed by atoms with E-state index in [9.17, 15) is 0 Å². The van der Waals surface area contributed by atoms with Gasteiger partial charge in [0.25, 0.3) is 0 Å². The Hall–Kier alpha value is -5.02. The summed E-state index contributed by atoms with van der Waals surface area (Å²) in [5.74, 6) is 4.11. The second-order valence-corrected chi connectivity index (χ2v) is 36.8. The molecule has 6 atom stereocenters. The lowest BCUT2D eigenvalue weighted by molar-refractivity contribution is -0.342. The van der Waals surface area contributed by atoms with Gasteiger partial charge in [-0.05, 0) is 104 Å². The van der Waals surface area contributed by atoms with Crippen LogP contribution in [0.3, 0.4) is 0 Å². The minimum absolute atomic E-state index is 0.193. The number of benzene rings is 6. The molecule has 2 heterocycles. The zero-order valence-electron chi connectivity index (χ0n) is 60.5. The average Bonchev–Trinajstić information content (AvgIpc) is 0.758. The normalized spacial score (nSPS) is 19.8. The van der Waals surface area contributed by atoms with Gasteiger partial charge in [-0.2, -0.15) is 0 Å². The molecule has 12 heteroatoms. The van der Waals surface area contributed by atoms with Gasteiger partial charge in [0.15, 0.2) is 12.4 Å². The van der Waals surface area contributed by atoms with Crippen LogP contribution >= 0.6 is 16.3 Å². The number of ether oxygens (including phenoxy) is 8. The van der Waals surface area contributed by atoms with Gasteiger partial charge in [-0.3, -0.25) is 0 Å². The van der Waals surface area contributed by atoms with Crippen LogP contribution in [0.2, 0.25) is 0 Å². The molecule has 0 spiro atoms. The van der Waals surface area contributed by atoms with Crippen LogP contribution in [-0.4, -0.2) is 65.8 Å². The molecule has 0 N–H and O–H groups in total. The van der Waals surface area contributed by atoms with Crippen LogP contribution in [0.15, 0.2) is 109 Å². The third kappa shape index (κ3) is 15.9. The van der Waals surface area contributed by atoms with Crippen LogP contribution < -0.4 is 44.9 Å². The van der Waals surface area contributed by atoms with E-state index in [0.29, 0.717) is 5.75 Å². The zero-order valence-corrected chi connectivity index (χ0v) is 62.3. The van der Waals surface area contributed by atoms with Crippen LogP contribution in [0.4, 0.5) is 0 Å². The predicted octanol–water partition coefficient (Wildman–Crippen LogP) is 18.2. The fourth-order valence-corrected chi connectivity index (χ4v) is 16.3. The van der Waals surface area contributed by atoms with Crippen LogP contribution in [0, 0.1) is 0 Å². The molecule has 10 nitrogen and oxygen atoms in total. The van der Waals surface area contributed by atoms with Gasteiger partial charge < -0.3 is 46.9 Å². The molecule has 0 bridgehead atoms. The van der Waals surface area contributed by atoms with Gasteiger partial charge in [0.1, 0.15) is 47.1 Å². The van der Waals surface area contributed by atoms with Crippen molar-refractivity contribution in [2.45, 2.75) is 246 Å². The van der Waals surface area contributed by atoms with E-state index < -0.39 is 53.3 Å². The Bertz CT molecular complexity index is 3180. The number of hydrogen-bond donors (Lipinski definition) is 0. The number of rotatable bonds is 15. The standard InChI is InChI=1S/C79H110O10P2/c1-72(2,3)54-39-50(40-55(63(54)80-25)73(4,5)6)90(51-41-56(74(7,8)9)64(81-26)57(42-51)75(10,11)12)88-68-67-62(47-84-70(87-67)48-35-31-29-32-36-48)86-71(85-49-37-33-30-34-38-49)69(68)89-91(52-43-58(76(13,14)15)65(82-27)59(44-52)77(16,17)18)53-45-60(78(19,20)21)66(83-28)61(46-53)79(22,23)24/h29-46,62,67-71H,47H2,1-28H3/t62-,67-,68+,69-,70?,71-/m1/s1. The number of para-hydroxylation sites is 1. The Kier molecular flexibility index (Phi) is 21.0. The molecule has 0 aromatic heterocycles. The highest BCUT2D eigenvalue weighted by Gasteiger charge is 2.55.